The van der Waals surface area contributed by atoms with Crippen LogP contribution in [0.15, 0.2) is 0 Å². The van der Waals surface area contributed by atoms with Crippen molar-refractivity contribution >= 4 is 12.1 Å². The molecular weight excluding hydrogens is 618 g/mol. The van der Waals surface area contributed by atoms with E-state index in [9.17, 15) is 19.8 Å². The van der Waals surface area contributed by atoms with Gasteiger partial charge in [-0.05, 0) is 144 Å². The molecule has 1 heterocycles. The van der Waals surface area contributed by atoms with Gasteiger partial charge in [-0.3, -0.25) is 0 Å². The fourth-order valence-electron chi connectivity index (χ4n) is 12.7. The maximum absolute atomic E-state index is 13.6. The number of amides is 1. The van der Waals surface area contributed by atoms with Gasteiger partial charge in [0.05, 0.1) is 23.9 Å². The zero-order chi connectivity index (χ0) is 36.5. The first-order valence-electron chi connectivity index (χ1n) is 20.0. The summed E-state index contributed by atoms with van der Waals surface area (Å²) >= 11 is 0. The molecule has 8 heteroatoms. The van der Waals surface area contributed by atoms with Gasteiger partial charge in [-0.15, -0.1) is 0 Å². The number of carbonyl (C=O) groups is 2. The number of rotatable bonds is 7. The van der Waals surface area contributed by atoms with Crippen molar-refractivity contribution < 1.29 is 34.0 Å². The Kier molecular flexibility index (Phi) is 10.5. The number of nitrogens with one attached hydrogen (secondary N) is 1. The van der Waals surface area contributed by atoms with E-state index in [1.54, 1.807) is 0 Å². The Morgan fingerprint density at radius 1 is 0.959 bits per heavy atom. The highest BCUT2D eigenvalue weighted by molar-refractivity contribution is 5.82. The smallest absolute Gasteiger partial charge is 0.408 e. The molecule has 1 saturated heterocycles. The minimum Gasteiger partial charge on any atom is -0.461 e. The lowest BCUT2D eigenvalue weighted by Crippen LogP contribution is -2.57. The van der Waals surface area contributed by atoms with Crippen molar-refractivity contribution in [3.63, 3.8) is 0 Å². The number of aliphatic hydroxyl groups excluding tert-OH is 1. The van der Waals surface area contributed by atoms with Gasteiger partial charge in [-0.2, -0.15) is 0 Å². The van der Waals surface area contributed by atoms with Crippen molar-refractivity contribution in [3.8, 4) is 0 Å². The minimum atomic E-state index is -0.869. The second-order valence-corrected chi connectivity index (χ2v) is 19.1. The van der Waals surface area contributed by atoms with Gasteiger partial charge in [0.15, 0.2) is 0 Å². The van der Waals surface area contributed by atoms with E-state index < -0.39 is 23.3 Å². The summed E-state index contributed by atoms with van der Waals surface area (Å²) < 4.78 is 18.3. The Labute approximate surface area is 297 Å². The maximum Gasteiger partial charge on any atom is 0.408 e. The number of fused-ring (bicyclic) bond motifs is 2. The molecule has 0 aromatic carbocycles. The van der Waals surface area contributed by atoms with E-state index in [4.69, 9.17) is 14.2 Å². The number of hydrogen-bond acceptors (Lipinski definition) is 7. The number of ether oxygens (including phenoxy) is 3. The molecule has 5 saturated carbocycles. The summed E-state index contributed by atoms with van der Waals surface area (Å²) in [5, 5.41) is 25.3. The van der Waals surface area contributed by atoms with Crippen molar-refractivity contribution in [1.82, 2.24) is 5.32 Å². The van der Waals surface area contributed by atoms with E-state index in [1.807, 2.05) is 62.3 Å². The van der Waals surface area contributed by atoms with E-state index >= 15 is 0 Å². The fraction of sp³-hybridized carbons (Fsp3) is 0.951. The number of alkyl carbamates (subject to hydrolysis) is 1. The first-order valence-corrected chi connectivity index (χ1v) is 20.0. The number of carbonyl (C=O) groups excluding carboxylic acids is 2. The van der Waals surface area contributed by atoms with Gasteiger partial charge in [-0.1, -0.05) is 54.9 Å². The van der Waals surface area contributed by atoms with E-state index in [0.29, 0.717) is 22.7 Å². The molecule has 14 atom stereocenters. The highest BCUT2D eigenvalue weighted by Crippen LogP contribution is 2.88. The molecule has 0 bridgehead atoms. The largest absolute Gasteiger partial charge is 0.461 e. The number of esters is 1. The van der Waals surface area contributed by atoms with Crippen LogP contribution in [0.5, 0.6) is 0 Å². The summed E-state index contributed by atoms with van der Waals surface area (Å²) in [6.07, 6.45) is 9.90. The van der Waals surface area contributed by atoms with Gasteiger partial charge >= 0.3 is 12.1 Å². The van der Waals surface area contributed by atoms with Crippen LogP contribution >= 0.6 is 0 Å². The average molecular weight is 690 g/mol. The van der Waals surface area contributed by atoms with Gasteiger partial charge in [0.1, 0.15) is 17.7 Å². The summed E-state index contributed by atoms with van der Waals surface area (Å²) in [4.78, 5) is 26.3. The van der Waals surface area contributed by atoms with Crippen LogP contribution < -0.4 is 5.32 Å². The van der Waals surface area contributed by atoms with Crippen molar-refractivity contribution in [2.45, 2.75) is 195 Å². The summed E-state index contributed by atoms with van der Waals surface area (Å²) in [6.45, 7) is 24.4. The molecule has 2 spiro atoms. The van der Waals surface area contributed by atoms with Gasteiger partial charge in [0, 0.05) is 5.92 Å². The lowest BCUT2D eigenvalue weighted by atomic mass is 9.43. The second kappa shape index (κ2) is 13.2. The first kappa shape index (κ1) is 38.8. The summed E-state index contributed by atoms with van der Waals surface area (Å²) in [6, 6.07) is -0.735. The lowest BCUT2D eigenvalue weighted by molar-refractivity contribution is -0.174. The van der Waals surface area contributed by atoms with Crippen LogP contribution in [0.2, 0.25) is 0 Å². The summed E-state index contributed by atoms with van der Waals surface area (Å²) in [7, 11) is 0. The Morgan fingerprint density at radius 2 is 1.63 bits per heavy atom. The average Bonchev–Trinajstić information content (AvgIpc) is 3.28. The highest BCUT2D eigenvalue weighted by Gasteiger charge is 2.82. The van der Waals surface area contributed by atoms with Crippen LogP contribution in [0.25, 0.3) is 0 Å². The zero-order valence-electron chi connectivity index (χ0n) is 33.0. The van der Waals surface area contributed by atoms with Gasteiger partial charge in [0.25, 0.3) is 0 Å². The van der Waals surface area contributed by atoms with Crippen LogP contribution in [0, 0.1) is 51.2 Å². The standard InChI is InChI=1S/C39H65NO7.C2H6/c1-11-22(2)31(40-33(43)47-34(4,5)6)32(42)46-26-16-17-38-21-39(38)19-18-36(9)30(27-13-15-29(45-27)35(7,8)44)25(41)20-37(36,10)28(39)14-12-24(38)23(26)3;1-2/h22-31,41,44H,11-21H2,1-10H3,(H,40,43);1-2H3/t22?,23?,24?,25?,26?,27?,28?,29?,30?,31-,36?,37-,38?,39?;/m0./s1. The molecule has 282 valence electrons. The van der Waals surface area contributed by atoms with Crippen molar-refractivity contribution in [2.75, 3.05) is 0 Å². The van der Waals surface area contributed by atoms with Gasteiger partial charge in [0.2, 0.25) is 0 Å². The monoisotopic (exact) mass is 690 g/mol. The van der Waals surface area contributed by atoms with E-state index in [-0.39, 0.29) is 59.0 Å². The zero-order valence-corrected chi connectivity index (χ0v) is 33.0. The molecule has 3 N–H and O–H groups in total. The SMILES string of the molecule is CC.CCC(C)[C@H](NC(=O)OC(C)(C)C)C(=O)OC1CCC23CC24CCC2(C)C(C5CCC(C(C)(C)O)O5)C(O)C[C@@]2(C)C4CCC3C1C. The van der Waals surface area contributed by atoms with Crippen molar-refractivity contribution in [3.05, 3.63) is 0 Å². The van der Waals surface area contributed by atoms with E-state index in [1.165, 1.54) is 12.8 Å². The van der Waals surface area contributed by atoms with Crippen molar-refractivity contribution in [1.29, 1.82) is 0 Å². The van der Waals surface area contributed by atoms with Crippen LogP contribution in [0.1, 0.15) is 154 Å². The van der Waals surface area contributed by atoms with Crippen LogP contribution in [0.3, 0.4) is 0 Å². The molecule has 0 radical (unpaired) electrons. The first-order chi connectivity index (χ1) is 22.7. The predicted molar refractivity (Wildman–Crippen MR) is 192 cm³/mol. The molecule has 49 heavy (non-hydrogen) atoms. The van der Waals surface area contributed by atoms with E-state index in [2.05, 4.69) is 26.1 Å². The van der Waals surface area contributed by atoms with Gasteiger partial charge < -0.3 is 29.7 Å². The number of aliphatic hydroxyl groups is 2. The third kappa shape index (κ3) is 6.28. The minimum absolute atomic E-state index is 0.000935. The van der Waals surface area contributed by atoms with E-state index in [0.717, 1.165) is 57.8 Å². The normalized spacial score (nSPS) is 45.3. The van der Waals surface area contributed by atoms with Gasteiger partial charge in [-0.25, -0.2) is 9.59 Å². The molecular formula is C41H71NO7. The molecule has 8 nitrogen and oxygen atoms in total. The molecule has 12 unspecified atom stereocenters. The molecule has 5 aliphatic carbocycles. The molecule has 0 aromatic heterocycles. The predicted octanol–water partition coefficient (Wildman–Crippen LogP) is 8.20. The quantitative estimate of drug-likeness (QED) is 0.231. The molecule has 6 rings (SSSR count). The van der Waals surface area contributed by atoms with Crippen LogP contribution in [-0.2, 0) is 19.0 Å². The van der Waals surface area contributed by atoms with Crippen molar-refractivity contribution in [2.24, 2.45) is 51.2 Å². The molecule has 1 amide bonds. The summed E-state index contributed by atoms with van der Waals surface area (Å²) in [5.41, 5.74) is -0.857. The lowest BCUT2D eigenvalue weighted by Gasteiger charge is -2.62. The molecule has 6 aliphatic rings. The summed E-state index contributed by atoms with van der Waals surface area (Å²) in [5.74, 6) is 1.06. The molecule has 6 fully saturated rings. The maximum atomic E-state index is 13.6. The number of hydrogen-bond donors (Lipinski definition) is 3. The fourth-order valence-corrected chi connectivity index (χ4v) is 12.7. The topological polar surface area (TPSA) is 114 Å². The Bertz CT molecular complexity index is 1230. The third-order valence-corrected chi connectivity index (χ3v) is 15.3. The van der Waals surface area contributed by atoms with Crippen LogP contribution in [-0.4, -0.2) is 63.9 Å². The molecule has 0 aromatic rings. The Hall–Kier alpha value is -1.38. The Balaban J connectivity index is 0.00000230. The Morgan fingerprint density at radius 3 is 2.22 bits per heavy atom. The highest BCUT2D eigenvalue weighted by atomic mass is 16.6. The van der Waals surface area contributed by atoms with Crippen LogP contribution in [0.4, 0.5) is 4.79 Å². The third-order valence-electron chi connectivity index (χ3n) is 15.3. The molecule has 1 aliphatic heterocycles. The second-order valence-electron chi connectivity index (χ2n) is 19.1.